The number of fused-ring (bicyclic) bond motifs is 1. The SMILES string of the molecule is COc1c(C)cc(S(=O)(=O)c2ccc(CCC(=O)c3ccc4nccn4c3)cc2)cc1C. The van der Waals surface area contributed by atoms with Gasteiger partial charge in [-0.25, -0.2) is 13.4 Å². The predicted octanol–water partition coefficient (Wildman–Crippen LogP) is 4.61. The fourth-order valence-electron chi connectivity index (χ4n) is 3.85. The average molecular weight is 449 g/mol. The average Bonchev–Trinajstić information content (AvgIpc) is 3.25. The minimum absolute atomic E-state index is 0.0291. The number of aryl methyl sites for hydroxylation is 3. The number of sulfone groups is 1. The minimum atomic E-state index is -3.65. The van der Waals surface area contributed by atoms with Gasteiger partial charge in [0.1, 0.15) is 11.4 Å². The molecule has 0 amide bonds. The number of rotatable bonds is 7. The van der Waals surface area contributed by atoms with Crippen molar-refractivity contribution in [1.82, 2.24) is 9.38 Å². The first kappa shape index (κ1) is 21.8. The summed E-state index contributed by atoms with van der Waals surface area (Å²) in [5.41, 5.74) is 3.87. The van der Waals surface area contributed by atoms with E-state index in [4.69, 9.17) is 4.74 Å². The Morgan fingerprint density at radius 3 is 2.34 bits per heavy atom. The molecular formula is C25H24N2O4S. The number of hydrogen-bond donors (Lipinski definition) is 0. The van der Waals surface area contributed by atoms with Crippen molar-refractivity contribution in [2.45, 2.75) is 36.5 Å². The number of aromatic nitrogens is 2. The van der Waals surface area contributed by atoms with Gasteiger partial charge in [0.15, 0.2) is 5.78 Å². The topological polar surface area (TPSA) is 77.7 Å². The van der Waals surface area contributed by atoms with Crippen molar-refractivity contribution >= 4 is 21.3 Å². The Hall–Kier alpha value is -3.45. The molecule has 4 aromatic rings. The van der Waals surface area contributed by atoms with E-state index in [-0.39, 0.29) is 15.6 Å². The standard InChI is InChI=1S/C25H24N2O4S/c1-17-14-22(15-18(2)25(17)31-3)32(29,30)21-8-4-19(5-9-21)6-10-23(28)20-7-11-24-26-12-13-27(24)16-20/h4-5,7-9,11-16H,6,10H2,1-3H3. The maximum atomic E-state index is 13.1. The monoisotopic (exact) mass is 448 g/mol. The van der Waals surface area contributed by atoms with Gasteiger partial charge in [0.2, 0.25) is 9.84 Å². The van der Waals surface area contributed by atoms with Crippen LogP contribution in [0.4, 0.5) is 0 Å². The fraction of sp³-hybridized carbons (Fsp3) is 0.200. The van der Waals surface area contributed by atoms with Crippen molar-refractivity contribution in [3.8, 4) is 5.75 Å². The van der Waals surface area contributed by atoms with E-state index in [0.717, 1.165) is 22.3 Å². The molecule has 2 aromatic heterocycles. The zero-order chi connectivity index (χ0) is 22.9. The van der Waals surface area contributed by atoms with Gasteiger partial charge in [-0.1, -0.05) is 12.1 Å². The van der Waals surface area contributed by atoms with Gasteiger partial charge < -0.3 is 9.14 Å². The molecule has 0 bridgehead atoms. The van der Waals surface area contributed by atoms with E-state index in [2.05, 4.69) is 4.98 Å². The largest absolute Gasteiger partial charge is 0.496 e. The first-order valence-electron chi connectivity index (χ1n) is 10.2. The predicted molar refractivity (Wildman–Crippen MR) is 122 cm³/mol. The summed E-state index contributed by atoms with van der Waals surface area (Å²) >= 11 is 0. The van der Waals surface area contributed by atoms with Crippen LogP contribution in [0.2, 0.25) is 0 Å². The number of imidazole rings is 1. The van der Waals surface area contributed by atoms with Gasteiger partial charge >= 0.3 is 0 Å². The summed E-state index contributed by atoms with van der Waals surface area (Å²) in [6.07, 6.45) is 6.13. The fourth-order valence-corrected chi connectivity index (χ4v) is 5.28. The Morgan fingerprint density at radius 2 is 1.69 bits per heavy atom. The second-order valence-electron chi connectivity index (χ2n) is 7.77. The van der Waals surface area contributed by atoms with Crippen molar-refractivity contribution in [3.05, 3.63) is 89.4 Å². The quantitative estimate of drug-likeness (QED) is 0.386. The third-order valence-corrected chi connectivity index (χ3v) is 7.28. The first-order valence-corrected chi connectivity index (χ1v) is 11.7. The number of ketones is 1. The molecule has 4 rings (SSSR count). The first-order chi connectivity index (χ1) is 15.3. The van der Waals surface area contributed by atoms with E-state index in [1.165, 1.54) is 0 Å². The van der Waals surface area contributed by atoms with Crippen LogP contribution >= 0.6 is 0 Å². The summed E-state index contributed by atoms with van der Waals surface area (Å²) in [6.45, 7) is 3.66. The molecule has 0 aliphatic rings. The molecule has 0 fully saturated rings. The van der Waals surface area contributed by atoms with Gasteiger partial charge in [0.05, 0.1) is 16.9 Å². The lowest BCUT2D eigenvalue weighted by Crippen LogP contribution is -2.05. The molecule has 0 saturated heterocycles. The van der Waals surface area contributed by atoms with Gasteiger partial charge in [-0.05, 0) is 73.4 Å². The Labute approximate surface area is 187 Å². The third kappa shape index (κ3) is 4.16. The molecule has 32 heavy (non-hydrogen) atoms. The molecule has 0 aliphatic carbocycles. The highest BCUT2D eigenvalue weighted by molar-refractivity contribution is 7.91. The molecular weight excluding hydrogens is 424 g/mol. The number of Topliss-reactive ketones (excluding diaryl/α,β-unsaturated/α-hetero) is 1. The van der Waals surface area contributed by atoms with Crippen LogP contribution in [0.15, 0.2) is 76.9 Å². The van der Waals surface area contributed by atoms with Gasteiger partial charge in [0.25, 0.3) is 0 Å². The van der Waals surface area contributed by atoms with E-state index in [9.17, 15) is 13.2 Å². The number of methoxy groups -OCH3 is 1. The Bertz CT molecular complexity index is 1380. The van der Waals surface area contributed by atoms with Crippen molar-refractivity contribution in [2.24, 2.45) is 0 Å². The van der Waals surface area contributed by atoms with Crippen LogP contribution in [0.5, 0.6) is 5.75 Å². The highest BCUT2D eigenvalue weighted by atomic mass is 32.2. The smallest absolute Gasteiger partial charge is 0.206 e. The number of carbonyl (C=O) groups is 1. The summed E-state index contributed by atoms with van der Waals surface area (Å²) in [7, 11) is -2.07. The number of benzene rings is 2. The number of hydrogen-bond acceptors (Lipinski definition) is 5. The van der Waals surface area contributed by atoms with E-state index >= 15 is 0 Å². The number of ether oxygens (including phenoxy) is 1. The summed E-state index contributed by atoms with van der Waals surface area (Å²) in [4.78, 5) is 17.2. The third-order valence-electron chi connectivity index (χ3n) is 5.53. The van der Waals surface area contributed by atoms with Crippen LogP contribution in [0.1, 0.15) is 33.5 Å². The molecule has 0 atom stereocenters. The zero-order valence-electron chi connectivity index (χ0n) is 18.2. The highest BCUT2D eigenvalue weighted by Gasteiger charge is 2.20. The minimum Gasteiger partial charge on any atom is -0.496 e. The summed E-state index contributed by atoms with van der Waals surface area (Å²) in [5, 5.41) is 0. The van der Waals surface area contributed by atoms with Gasteiger partial charge in [-0.3, -0.25) is 4.79 Å². The van der Waals surface area contributed by atoms with E-state index in [1.54, 1.807) is 68.2 Å². The van der Waals surface area contributed by atoms with Crippen LogP contribution in [0.3, 0.4) is 0 Å². The van der Waals surface area contributed by atoms with Gasteiger partial charge in [-0.15, -0.1) is 0 Å². The molecule has 2 aromatic carbocycles. The van der Waals surface area contributed by atoms with Crippen molar-refractivity contribution in [1.29, 1.82) is 0 Å². The molecule has 0 unspecified atom stereocenters. The Balaban J connectivity index is 1.48. The maximum Gasteiger partial charge on any atom is 0.206 e. The summed E-state index contributed by atoms with van der Waals surface area (Å²) in [6, 6.07) is 13.6. The molecule has 0 N–H and O–H groups in total. The van der Waals surface area contributed by atoms with E-state index < -0.39 is 9.84 Å². The zero-order valence-corrected chi connectivity index (χ0v) is 19.0. The molecule has 2 heterocycles. The number of carbonyl (C=O) groups excluding carboxylic acids is 1. The normalized spacial score (nSPS) is 11.6. The molecule has 0 aliphatic heterocycles. The number of nitrogens with zero attached hydrogens (tertiary/aromatic N) is 2. The van der Waals surface area contributed by atoms with Crippen LogP contribution in [0.25, 0.3) is 5.65 Å². The lowest BCUT2D eigenvalue weighted by atomic mass is 10.0. The summed E-state index contributed by atoms with van der Waals surface area (Å²) < 4.78 is 33.3. The van der Waals surface area contributed by atoms with Gasteiger partial charge in [-0.2, -0.15) is 0 Å². The lowest BCUT2D eigenvalue weighted by Gasteiger charge is -2.12. The van der Waals surface area contributed by atoms with Crippen LogP contribution in [-0.4, -0.2) is 30.7 Å². The second-order valence-corrected chi connectivity index (χ2v) is 9.72. The molecule has 0 radical (unpaired) electrons. The Kier molecular flexibility index (Phi) is 5.84. The maximum absolute atomic E-state index is 13.1. The second kappa shape index (κ2) is 8.59. The van der Waals surface area contributed by atoms with Crippen LogP contribution in [-0.2, 0) is 16.3 Å². The highest BCUT2D eigenvalue weighted by Crippen LogP contribution is 2.29. The summed E-state index contributed by atoms with van der Waals surface area (Å²) in [5.74, 6) is 0.720. The van der Waals surface area contributed by atoms with E-state index in [1.807, 2.05) is 24.3 Å². The van der Waals surface area contributed by atoms with Crippen molar-refractivity contribution in [2.75, 3.05) is 7.11 Å². The van der Waals surface area contributed by atoms with Crippen LogP contribution < -0.4 is 4.74 Å². The van der Waals surface area contributed by atoms with Crippen molar-refractivity contribution in [3.63, 3.8) is 0 Å². The molecule has 164 valence electrons. The molecule has 6 nitrogen and oxygen atoms in total. The molecule has 0 saturated carbocycles. The van der Waals surface area contributed by atoms with Crippen LogP contribution in [0, 0.1) is 13.8 Å². The number of pyridine rings is 1. The van der Waals surface area contributed by atoms with Crippen molar-refractivity contribution < 1.29 is 17.9 Å². The molecule has 7 heteroatoms. The van der Waals surface area contributed by atoms with Gasteiger partial charge in [0, 0.05) is 30.6 Å². The Morgan fingerprint density at radius 1 is 1.00 bits per heavy atom. The lowest BCUT2D eigenvalue weighted by molar-refractivity contribution is 0.0982. The van der Waals surface area contributed by atoms with E-state index in [0.29, 0.717) is 24.2 Å². The molecule has 0 spiro atoms.